The second kappa shape index (κ2) is 5.87. The molecule has 0 aliphatic rings. The number of sulfonamides is 1. The van der Waals surface area contributed by atoms with Crippen molar-refractivity contribution in [2.24, 2.45) is 0 Å². The molecule has 2 N–H and O–H groups in total. The highest BCUT2D eigenvalue weighted by molar-refractivity contribution is 7.89. The summed E-state index contributed by atoms with van der Waals surface area (Å²) in [6.45, 7) is -0.124. The highest BCUT2D eigenvalue weighted by atomic mass is 32.2. The van der Waals surface area contributed by atoms with Crippen molar-refractivity contribution in [3.05, 3.63) is 29.8 Å². The predicted octanol–water partition coefficient (Wildman–Crippen LogP) is 0.379. The van der Waals surface area contributed by atoms with Crippen molar-refractivity contribution in [3.63, 3.8) is 0 Å². The zero-order valence-electron chi connectivity index (χ0n) is 9.54. The monoisotopic (exact) mass is 278 g/mol. The number of benzene rings is 1. The SMILES string of the molecule is CNC(=O)CCNS(=O)(=O)c1ccc(F)c(F)c1. The molecule has 0 spiro atoms. The Kier molecular flexibility index (Phi) is 4.74. The standard InChI is InChI=1S/C10H12F2N2O3S/c1-13-10(15)4-5-14-18(16,17)7-2-3-8(11)9(12)6-7/h2-3,6,14H,4-5H2,1H3,(H,13,15). The first-order valence-corrected chi connectivity index (χ1v) is 6.50. The summed E-state index contributed by atoms with van der Waals surface area (Å²) in [6, 6.07) is 2.25. The molecule has 0 atom stereocenters. The number of hydrogen-bond donors (Lipinski definition) is 2. The third-order valence-corrected chi connectivity index (χ3v) is 3.58. The normalized spacial score (nSPS) is 11.3. The fraction of sp³-hybridized carbons (Fsp3) is 0.300. The highest BCUT2D eigenvalue weighted by Gasteiger charge is 2.16. The summed E-state index contributed by atoms with van der Waals surface area (Å²) in [5.41, 5.74) is 0. The number of nitrogens with one attached hydrogen (secondary N) is 2. The van der Waals surface area contributed by atoms with Gasteiger partial charge in [-0.05, 0) is 18.2 Å². The molecule has 0 heterocycles. The summed E-state index contributed by atoms with van der Waals surface area (Å²) >= 11 is 0. The van der Waals surface area contributed by atoms with Gasteiger partial charge in [0.15, 0.2) is 11.6 Å². The van der Waals surface area contributed by atoms with E-state index in [9.17, 15) is 22.0 Å². The lowest BCUT2D eigenvalue weighted by Gasteiger charge is -2.06. The Morgan fingerprint density at radius 2 is 1.94 bits per heavy atom. The summed E-state index contributed by atoms with van der Waals surface area (Å²) in [5.74, 6) is -2.70. The third kappa shape index (κ3) is 3.74. The van der Waals surface area contributed by atoms with Crippen LogP contribution in [-0.4, -0.2) is 27.9 Å². The van der Waals surface area contributed by atoms with E-state index in [1.165, 1.54) is 7.05 Å². The van der Waals surface area contributed by atoms with E-state index >= 15 is 0 Å². The van der Waals surface area contributed by atoms with Gasteiger partial charge in [0, 0.05) is 20.0 Å². The van der Waals surface area contributed by atoms with Crippen LogP contribution in [0.25, 0.3) is 0 Å². The third-order valence-electron chi connectivity index (χ3n) is 2.12. The molecule has 5 nitrogen and oxygen atoms in total. The van der Waals surface area contributed by atoms with Crippen LogP contribution in [0.3, 0.4) is 0 Å². The van der Waals surface area contributed by atoms with Crippen molar-refractivity contribution < 1.29 is 22.0 Å². The van der Waals surface area contributed by atoms with Crippen molar-refractivity contribution in [2.45, 2.75) is 11.3 Å². The van der Waals surface area contributed by atoms with E-state index in [0.717, 1.165) is 12.1 Å². The van der Waals surface area contributed by atoms with E-state index in [-0.39, 0.29) is 18.9 Å². The second-order valence-corrected chi connectivity index (χ2v) is 5.16. The minimum absolute atomic E-state index is 0.0423. The van der Waals surface area contributed by atoms with E-state index in [2.05, 4.69) is 10.0 Å². The fourth-order valence-corrected chi connectivity index (χ4v) is 2.19. The number of halogens is 2. The molecule has 0 aliphatic heterocycles. The van der Waals surface area contributed by atoms with E-state index in [1.54, 1.807) is 0 Å². The van der Waals surface area contributed by atoms with Crippen LogP contribution in [-0.2, 0) is 14.8 Å². The van der Waals surface area contributed by atoms with E-state index in [0.29, 0.717) is 6.07 Å². The zero-order chi connectivity index (χ0) is 13.8. The van der Waals surface area contributed by atoms with Crippen LogP contribution in [0.1, 0.15) is 6.42 Å². The summed E-state index contributed by atoms with van der Waals surface area (Å²) in [5, 5.41) is 2.32. The molecule has 0 saturated carbocycles. The molecule has 1 amide bonds. The van der Waals surface area contributed by atoms with Crippen molar-refractivity contribution in [2.75, 3.05) is 13.6 Å². The molecule has 0 aliphatic carbocycles. The Labute approximate surface area is 103 Å². The van der Waals surface area contributed by atoms with Gasteiger partial charge in [-0.1, -0.05) is 0 Å². The van der Waals surface area contributed by atoms with Gasteiger partial charge in [-0.3, -0.25) is 4.79 Å². The molecule has 0 fully saturated rings. The van der Waals surface area contributed by atoms with Crippen molar-refractivity contribution >= 4 is 15.9 Å². The van der Waals surface area contributed by atoms with Gasteiger partial charge < -0.3 is 5.32 Å². The molecule has 0 bridgehead atoms. The van der Waals surface area contributed by atoms with Crippen LogP contribution < -0.4 is 10.0 Å². The molecule has 8 heteroatoms. The highest BCUT2D eigenvalue weighted by Crippen LogP contribution is 2.13. The van der Waals surface area contributed by atoms with Gasteiger partial charge in [-0.25, -0.2) is 21.9 Å². The summed E-state index contributed by atoms with van der Waals surface area (Å²) in [6.07, 6.45) is -0.0423. The zero-order valence-corrected chi connectivity index (χ0v) is 10.4. The van der Waals surface area contributed by atoms with Gasteiger partial charge in [-0.15, -0.1) is 0 Å². The number of carbonyl (C=O) groups is 1. The predicted molar refractivity (Wildman–Crippen MR) is 60.2 cm³/mol. The van der Waals surface area contributed by atoms with Crippen molar-refractivity contribution in [3.8, 4) is 0 Å². The Bertz CT molecular complexity index is 546. The minimum atomic E-state index is -3.94. The van der Waals surface area contributed by atoms with E-state index in [4.69, 9.17) is 0 Å². The Morgan fingerprint density at radius 3 is 2.50 bits per heavy atom. The first kappa shape index (κ1) is 14.5. The lowest BCUT2D eigenvalue weighted by Crippen LogP contribution is -2.29. The lowest BCUT2D eigenvalue weighted by molar-refractivity contribution is -0.120. The Morgan fingerprint density at radius 1 is 1.28 bits per heavy atom. The van der Waals surface area contributed by atoms with Gasteiger partial charge in [0.05, 0.1) is 4.90 Å². The van der Waals surface area contributed by atoms with Gasteiger partial charge in [0.25, 0.3) is 0 Å². The minimum Gasteiger partial charge on any atom is -0.359 e. The van der Waals surface area contributed by atoms with Crippen LogP contribution in [0.5, 0.6) is 0 Å². The van der Waals surface area contributed by atoms with Crippen molar-refractivity contribution in [1.82, 2.24) is 10.0 Å². The molecular weight excluding hydrogens is 266 g/mol. The van der Waals surface area contributed by atoms with Crippen LogP contribution in [0.4, 0.5) is 8.78 Å². The molecule has 18 heavy (non-hydrogen) atoms. The molecule has 0 aromatic heterocycles. The Balaban J connectivity index is 2.74. The fourth-order valence-electron chi connectivity index (χ4n) is 1.15. The van der Waals surface area contributed by atoms with Crippen LogP contribution in [0, 0.1) is 11.6 Å². The molecule has 1 rings (SSSR count). The smallest absolute Gasteiger partial charge is 0.240 e. The van der Waals surface area contributed by atoms with Crippen LogP contribution >= 0.6 is 0 Å². The van der Waals surface area contributed by atoms with Gasteiger partial charge in [0.1, 0.15) is 0 Å². The average Bonchev–Trinajstić information content (AvgIpc) is 2.32. The van der Waals surface area contributed by atoms with Crippen LogP contribution in [0.15, 0.2) is 23.1 Å². The number of rotatable bonds is 5. The molecule has 1 aromatic carbocycles. The molecule has 0 radical (unpaired) electrons. The van der Waals surface area contributed by atoms with Crippen molar-refractivity contribution in [1.29, 1.82) is 0 Å². The molecule has 0 unspecified atom stereocenters. The largest absolute Gasteiger partial charge is 0.359 e. The van der Waals surface area contributed by atoms with E-state index in [1.807, 2.05) is 0 Å². The first-order valence-electron chi connectivity index (χ1n) is 5.02. The topological polar surface area (TPSA) is 75.3 Å². The summed E-state index contributed by atoms with van der Waals surface area (Å²) in [7, 11) is -2.52. The van der Waals surface area contributed by atoms with E-state index < -0.39 is 26.6 Å². The average molecular weight is 278 g/mol. The maximum atomic E-state index is 12.9. The van der Waals surface area contributed by atoms with Gasteiger partial charge in [-0.2, -0.15) is 0 Å². The Hall–Kier alpha value is -1.54. The van der Waals surface area contributed by atoms with Crippen LogP contribution in [0.2, 0.25) is 0 Å². The molecule has 100 valence electrons. The second-order valence-electron chi connectivity index (χ2n) is 3.40. The first-order chi connectivity index (χ1) is 8.36. The molecular formula is C10H12F2N2O3S. The lowest BCUT2D eigenvalue weighted by atomic mass is 10.3. The molecule has 1 aromatic rings. The quantitative estimate of drug-likeness (QED) is 0.817. The maximum Gasteiger partial charge on any atom is 0.240 e. The maximum absolute atomic E-state index is 12.9. The number of hydrogen-bond acceptors (Lipinski definition) is 3. The number of amides is 1. The summed E-state index contributed by atoms with van der Waals surface area (Å²) in [4.78, 5) is 10.5. The number of carbonyl (C=O) groups excluding carboxylic acids is 1. The van der Waals surface area contributed by atoms with Gasteiger partial charge >= 0.3 is 0 Å². The molecule has 0 saturated heterocycles. The summed E-state index contributed by atoms with van der Waals surface area (Å²) < 4.78 is 50.9. The van der Waals surface area contributed by atoms with Gasteiger partial charge in [0.2, 0.25) is 15.9 Å².